The van der Waals surface area contributed by atoms with Crippen LogP contribution in [-0.2, 0) is 4.79 Å². The summed E-state index contributed by atoms with van der Waals surface area (Å²) in [6.45, 7) is 0. The van der Waals surface area contributed by atoms with Gasteiger partial charge in [-0.05, 0) is 24.3 Å². The summed E-state index contributed by atoms with van der Waals surface area (Å²) < 4.78 is 12.5. The van der Waals surface area contributed by atoms with E-state index in [1.54, 1.807) is 32.4 Å². The van der Waals surface area contributed by atoms with Crippen LogP contribution in [0.1, 0.15) is 0 Å². The van der Waals surface area contributed by atoms with Crippen molar-refractivity contribution in [3.63, 3.8) is 0 Å². The van der Waals surface area contributed by atoms with Crippen LogP contribution in [0.25, 0.3) is 27.9 Å². The number of nitrogens with one attached hydrogen (secondary N) is 1. The average Bonchev–Trinajstić information content (AvgIpc) is 3.32. The maximum absolute atomic E-state index is 12.7. The van der Waals surface area contributed by atoms with E-state index in [0.29, 0.717) is 28.0 Å². The van der Waals surface area contributed by atoms with E-state index in [2.05, 4.69) is 15.5 Å². The molecule has 170 valence electrons. The largest absolute Gasteiger partial charge is 0.493 e. The number of aromatic nitrogens is 4. The van der Waals surface area contributed by atoms with Gasteiger partial charge in [0.2, 0.25) is 5.91 Å². The molecule has 0 saturated carbocycles. The van der Waals surface area contributed by atoms with Crippen molar-refractivity contribution in [3.05, 3.63) is 72.8 Å². The third kappa shape index (κ3) is 4.13. The molecule has 0 atom stereocenters. The quantitative estimate of drug-likeness (QED) is 0.344. The normalized spacial score (nSPS) is 11.0. The minimum Gasteiger partial charge on any atom is -0.493 e. The number of hydrogen-bond donors (Lipinski definition) is 1. The molecule has 9 heteroatoms. The van der Waals surface area contributed by atoms with Gasteiger partial charge in [0.15, 0.2) is 22.3 Å². The van der Waals surface area contributed by atoms with E-state index in [4.69, 9.17) is 14.5 Å². The maximum atomic E-state index is 12.7. The van der Waals surface area contributed by atoms with E-state index in [-0.39, 0.29) is 11.7 Å². The molecule has 0 spiro atoms. The van der Waals surface area contributed by atoms with Crippen LogP contribution in [0.5, 0.6) is 11.5 Å². The van der Waals surface area contributed by atoms with Crippen LogP contribution in [0.3, 0.4) is 0 Å². The minimum absolute atomic E-state index is 0.149. The highest BCUT2D eigenvalue weighted by Gasteiger charge is 2.18. The van der Waals surface area contributed by atoms with Crippen molar-refractivity contribution >= 4 is 39.9 Å². The molecule has 0 bridgehead atoms. The molecule has 0 aliphatic carbocycles. The van der Waals surface area contributed by atoms with Gasteiger partial charge in [-0.25, -0.2) is 4.98 Å². The summed E-state index contributed by atoms with van der Waals surface area (Å²) in [4.78, 5) is 17.6. The molecule has 0 radical (unpaired) electrons. The molecule has 34 heavy (non-hydrogen) atoms. The lowest BCUT2D eigenvalue weighted by atomic mass is 10.2. The zero-order chi connectivity index (χ0) is 23.5. The van der Waals surface area contributed by atoms with Crippen LogP contribution >= 0.6 is 11.8 Å². The van der Waals surface area contributed by atoms with Crippen LogP contribution in [0.4, 0.5) is 5.69 Å². The van der Waals surface area contributed by atoms with Gasteiger partial charge in [0.1, 0.15) is 5.82 Å². The predicted molar refractivity (Wildman–Crippen MR) is 133 cm³/mol. The third-order valence-electron chi connectivity index (χ3n) is 5.25. The Bertz CT molecular complexity index is 1490. The fourth-order valence-corrected chi connectivity index (χ4v) is 4.41. The van der Waals surface area contributed by atoms with Gasteiger partial charge in [0.25, 0.3) is 0 Å². The number of anilines is 1. The number of thioether (sulfide) groups is 1. The fraction of sp³-hybridized carbons (Fsp3) is 0.120. The van der Waals surface area contributed by atoms with Crippen LogP contribution < -0.4 is 14.8 Å². The van der Waals surface area contributed by atoms with Gasteiger partial charge in [-0.2, -0.15) is 0 Å². The highest BCUT2D eigenvalue weighted by molar-refractivity contribution is 7.99. The summed E-state index contributed by atoms with van der Waals surface area (Å²) in [7, 11) is 3.12. The standard InChI is InChI=1S/C25H21N5O3S/c1-32-20-13-12-17(14-21(20)33-2)26-22(31)15-34-25-29-28-24-18-10-6-7-11-19(18)27-23(30(24)25)16-8-4-3-5-9-16/h3-14H,15H2,1-2H3,(H,26,31). The van der Waals surface area contributed by atoms with Crippen LogP contribution in [-0.4, -0.2) is 45.5 Å². The van der Waals surface area contributed by atoms with Crippen molar-refractivity contribution in [1.29, 1.82) is 0 Å². The fourth-order valence-electron chi connectivity index (χ4n) is 3.68. The van der Waals surface area contributed by atoms with Gasteiger partial charge < -0.3 is 14.8 Å². The monoisotopic (exact) mass is 471 g/mol. The van der Waals surface area contributed by atoms with Crippen LogP contribution in [0, 0.1) is 0 Å². The van der Waals surface area contributed by atoms with Gasteiger partial charge in [0, 0.05) is 22.7 Å². The third-order valence-corrected chi connectivity index (χ3v) is 6.18. The van der Waals surface area contributed by atoms with Gasteiger partial charge in [-0.3, -0.25) is 9.20 Å². The first-order chi connectivity index (χ1) is 16.7. The molecule has 0 fully saturated rings. The molecule has 2 heterocycles. The molecule has 1 N–H and O–H groups in total. The molecule has 3 aromatic carbocycles. The zero-order valence-electron chi connectivity index (χ0n) is 18.6. The van der Waals surface area contributed by atoms with Crippen molar-refractivity contribution in [3.8, 4) is 22.9 Å². The van der Waals surface area contributed by atoms with E-state index >= 15 is 0 Å². The highest BCUT2D eigenvalue weighted by Crippen LogP contribution is 2.31. The summed E-state index contributed by atoms with van der Waals surface area (Å²) in [5.74, 6) is 1.84. The van der Waals surface area contributed by atoms with E-state index < -0.39 is 0 Å². The minimum atomic E-state index is -0.177. The lowest BCUT2D eigenvalue weighted by Gasteiger charge is -2.11. The number of benzene rings is 3. The van der Waals surface area contributed by atoms with Gasteiger partial charge in [-0.1, -0.05) is 54.2 Å². The van der Waals surface area contributed by atoms with Gasteiger partial charge >= 0.3 is 0 Å². The number of hydrogen-bond acceptors (Lipinski definition) is 7. The number of ether oxygens (including phenoxy) is 2. The van der Waals surface area contributed by atoms with Crippen molar-refractivity contribution in [2.75, 3.05) is 25.3 Å². The summed E-state index contributed by atoms with van der Waals surface area (Å²) in [6, 6.07) is 22.9. The summed E-state index contributed by atoms with van der Waals surface area (Å²) in [6.07, 6.45) is 0. The Labute approximate surface area is 199 Å². The Balaban J connectivity index is 1.44. The second kappa shape index (κ2) is 9.40. The van der Waals surface area contributed by atoms with Crippen molar-refractivity contribution in [1.82, 2.24) is 19.6 Å². The van der Waals surface area contributed by atoms with Crippen LogP contribution in [0.2, 0.25) is 0 Å². The summed E-state index contributed by atoms with van der Waals surface area (Å²) in [5.41, 5.74) is 3.10. The smallest absolute Gasteiger partial charge is 0.234 e. The SMILES string of the molecule is COc1ccc(NC(=O)CSc2nnc3c4ccccc4nc(-c4ccccc4)n23)cc1OC. The number of carbonyl (C=O) groups is 1. The molecule has 0 aliphatic heterocycles. The van der Waals surface area contributed by atoms with E-state index in [1.165, 1.54) is 11.8 Å². The number of rotatable bonds is 7. The Hall–Kier alpha value is -4.11. The number of para-hydroxylation sites is 1. The van der Waals surface area contributed by atoms with E-state index in [9.17, 15) is 4.79 Å². The average molecular weight is 472 g/mol. The second-order valence-electron chi connectivity index (χ2n) is 7.37. The van der Waals surface area contributed by atoms with Crippen molar-refractivity contribution in [2.24, 2.45) is 0 Å². The lowest BCUT2D eigenvalue weighted by Crippen LogP contribution is -2.14. The first-order valence-electron chi connectivity index (χ1n) is 10.5. The summed E-state index contributed by atoms with van der Waals surface area (Å²) >= 11 is 1.30. The molecule has 0 unspecified atom stereocenters. The maximum Gasteiger partial charge on any atom is 0.234 e. The number of methoxy groups -OCH3 is 2. The Morgan fingerprint density at radius 3 is 2.50 bits per heavy atom. The van der Waals surface area contributed by atoms with Crippen molar-refractivity contribution < 1.29 is 14.3 Å². The molecule has 5 aromatic rings. The van der Waals surface area contributed by atoms with E-state index in [0.717, 1.165) is 22.3 Å². The first-order valence-corrected chi connectivity index (χ1v) is 11.5. The summed E-state index contributed by atoms with van der Waals surface area (Å²) in [5, 5.41) is 13.2. The first kappa shape index (κ1) is 21.7. The molecule has 5 rings (SSSR count). The number of fused-ring (bicyclic) bond motifs is 3. The molecule has 1 amide bonds. The van der Waals surface area contributed by atoms with Crippen molar-refractivity contribution in [2.45, 2.75) is 5.16 Å². The Morgan fingerprint density at radius 1 is 0.941 bits per heavy atom. The Morgan fingerprint density at radius 2 is 1.71 bits per heavy atom. The van der Waals surface area contributed by atoms with Gasteiger partial charge in [0.05, 0.1) is 25.5 Å². The Kier molecular flexibility index (Phi) is 6.01. The molecule has 2 aromatic heterocycles. The molecule has 0 saturated heterocycles. The lowest BCUT2D eigenvalue weighted by molar-refractivity contribution is -0.113. The van der Waals surface area contributed by atoms with E-state index in [1.807, 2.05) is 59.0 Å². The predicted octanol–water partition coefficient (Wildman–Crippen LogP) is 4.69. The molecule has 0 aliphatic rings. The second-order valence-corrected chi connectivity index (χ2v) is 8.31. The van der Waals surface area contributed by atoms with Crippen LogP contribution in [0.15, 0.2) is 78.0 Å². The molecular formula is C25H21N5O3S. The molecule has 8 nitrogen and oxygen atoms in total. The number of amides is 1. The number of nitrogens with zero attached hydrogens (tertiary/aromatic N) is 4. The zero-order valence-corrected chi connectivity index (χ0v) is 19.4. The topological polar surface area (TPSA) is 90.6 Å². The number of carbonyl (C=O) groups excluding carboxylic acids is 1. The molecular weight excluding hydrogens is 450 g/mol. The highest BCUT2D eigenvalue weighted by atomic mass is 32.2. The van der Waals surface area contributed by atoms with Gasteiger partial charge in [-0.15, -0.1) is 10.2 Å².